The molecule has 0 aliphatic carbocycles. The highest BCUT2D eigenvalue weighted by Gasteiger charge is 2.30. The number of hydrogen-bond acceptors (Lipinski definition) is 10. The average molecular weight is 654 g/mol. The summed E-state index contributed by atoms with van der Waals surface area (Å²) in [6.07, 6.45) is 6.11. The zero-order valence-corrected chi connectivity index (χ0v) is 29.0. The first kappa shape index (κ1) is 38.8. The zero-order valence-electron chi connectivity index (χ0n) is 29.0. The predicted molar refractivity (Wildman–Crippen MR) is 184 cm³/mol. The van der Waals surface area contributed by atoms with Crippen LogP contribution in [0.5, 0.6) is 0 Å². The fraction of sp³-hybridized carbons (Fsp3) is 0.486. The van der Waals surface area contributed by atoms with Gasteiger partial charge in [0.1, 0.15) is 18.1 Å². The third-order valence-corrected chi connectivity index (χ3v) is 6.78. The van der Waals surface area contributed by atoms with Crippen LogP contribution in [0.1, 0.15) is 53.9 Å². The number of allylic oxidation sites excluding steroid dienone is 4. The van der Waals surface area contributed by atoms with Crippen LogP contribution in [0.2, 0.25) is 0 Å². The van der Waals surface area contributed by atoms with Gasteiger partial charge in [0.15, 0.2) is 0 Å². The van der Waals surface area contributed by atoms with E-state index in [1.807, 2.05) is 57.0 Å². The first-order valence-electron chi connectivity index (χ1n) is 15.7. The van der Waals surface area contributed by atoms with Crippen LogP contribution in [0, 0.1) is 0 Å². The lowest BCUT2D eigenvalue weighted by atomic mass is 10.1. The minimum Gasteiger partial charge on any atom is -0.466 e. The second-order valence-electron chi connectivity index (χ2n) is 11.8. The summed E-state index contributed by atoms with van der Waals surface area (Å²) in [5.41, 5.74) is 2.09. The van der Waals surface area contributed by atoms with Crippen molar-refractivity contribution in [3.05, 3.63) is 78.9 Å². The van der Waals surface area contributed by atoms with Gasteiger partial charge in [0.05, 0.1) is 23.7 Å². The van der Waals surface area contributed by atoms with E-state index in [-0.39, 0.29) is 24.6 Å². The van der Waals surface area contributed by atoms with Gasteiger partial charge in [-0.2, -0.15) is 0 Å². The molecule has 0 radical (unpaired) electrons. The zero-order chi connectivity index (χ0) is 35.0. The molecular formula is C35H51N5O7. The number of para-hydroxylation sites is 1. The Morgan fingerprint density at radius 2 is 1.70 bits per heavy atom. The molecule has 258 valence electrons. The lowest BCUT2D eigenvalue weighted by Crippen LogP contribution is -2.56. The highest BCUT2D eigenvalue weighted by Crippen LogP contribution is 2.20. The molecule has 0 bridgehead atoms. The van der Waals surface area contributed by atoms with E-state index in [0.29, 0.717) is 63.4 Å². The van der Waals surface area contributed by atoms with Crippen molar-refractivity contribution in [3.63, 3.8) is 0 Å². The molecule has 0 atom stereocenters. The SMILES string of the molecule is C=C(/C=C\C(=C)OC(=O)N(C)c1ccccc1)/N=C(CC)/C(=C/CCCOC(C)=O)N(COC)N1CCN(C(=O)OC(C)(C)C)CC1. The van der Waals surface area contributed by atoms with E-state index in [1.54, 1.807) is 43.3 Å². The highest BCUT2D eigenvalue weighted by atomic mass is 16.6. The van der Waals surface area contributed by atoms with Crippen molar-refractivity contribution < 1.29 is 33.3 Å². The Kier molecular flexibility index (Phi) is 15.9. The van der Waals surface area contributed by atoms with Gasteiger partial charge in [0.25, 0.3) is 0 Å². The Bertz CT molecular complexity index is 1310. The molecule has 12 heteroatoms. The van der Waals surface area contributed by atoms with E-state index >= 15 is 0 Å². The normalized spacial score (nSPS) is 14.5. The van der Waals surface area contributed by atoms with Gasteiger partial charge in [-0.05, 0) is 64.3 Å². The molecule has 12 nitrogen and oxygen atoms in total. The number of unbranched alkanes of at least 4 members (excludes halogenated alkanes) is 1. The van der Waals surface area contributed by atoms with E-state index in [9.17, 15) is 14.4 Å². The summed E-state index contributed by atoms with van der Waals surface area (Å²) in [7, 11) is 3.24. The van der Waals surface area contributed by atoms with Crippen LogP contribution in [0.15, 0.2) is 83.9 Å². The monoisotopic (exact) mass is 653 g/mol. The summed E-state index contributed by atoms with van der Waals surface area (Å²) in [4.78, 5) is 44.4. The van der Waals surface area contributed by atoms with Crippen molar-refractivity contribution >= 4 is 29.6 Å². The summed E-state index contributed by atoms with van der Waals surface area (Å²) in [6, 6.07) is 9.14. The van der Waals surface area contributed by atoms with Crippen molar-refractivity contribution in [1.29, 1.82) is 0 Å². The molecule has 0 spiro atoms. The number of hydrazine groups is 1. The molecule has 0 unspecified atom stereocenters. The number of hydrogen-bond donors (Lipinski definition) is 0. The van der Waals surface area contributed by atoms with Gasteiger partial charge in [-0.3, -0.25) is 19.7 Å². The summed E-state index contributed by atoms with van der Waals surface area (Å²) in [6.45, 7) is 19.4. The smallest absolute Gasteiger partial charge is 0.419 e. The van der Waals surface area contributed by atoms with Gasteiger partial charge in [-0.25, -0.2) is 14.6 Å². The Balaban J connectivity index is 2.23. The lowest BCUT2D eigenvalue weighted by Gasteiger charge is -2.43. The number of rotatable bonds is 15. The van der Waals surface area contributed by atoms with Gasteiger partial charge < -0.3 is 23.8 Å². The molecular weight excluding hydrogens is 602 g/mol. The second-order valence-corrected chi connectivity index (χ2v) is 11.8. The molecule has 0 aromatic heterocycles. The summed E-state index contributed by atoms with van der Waals surface area (Å²) < 4.78 is 21.7. The van der Waals surface area contributed by atoms with Gasteiger partial charge in [-0.15, -0.1) is 0 Å². The second kappa shape index (κ2) is 19.3. The molecule has 47 heavy (non-hydrogen) atoms. The Labute approximate surface area is 279 Å². The molecule has 1 aliphatic rings. The summed E-state index contributed by atoms with van der Waals surface area (Å²) in [5.74, 6) is -0.187. The maximum atomic E-state index is 12.7. The van der Waals surface area contributed by atoms with Crippen molar-refractivity contribution in [3.8, 4) is 0 Å². The fourth-order valence-electron chi connectivity index (χ4n) is 4.47. The van der Waals surface area contributed by atoms with Crippen molar-refractivity contribution in [2.24, 2.45) is 4.99 Å². The van der Waals surface area contributed by atoms with Crippen LogP contribution in [0.4, 0.5) is 15.3 Å². The van der Waals surface area contributed by atoms with Gasteiger partial charge >= 0.3 is 18.2 Å². The van der Waals surface area contributed by atoms with Crippen molar-refractivity contribution in [2.45, 2.75) is 59.5 Å². The minimum absolute atomic E-state index is 0.136. The molecule has 1 saturated heterocycles. The molecule has 1 aliphatic heterocycles. The van der Waals surface area contributed by atoms with E-state index in [4.69, 9.17) is 23.9 Å². The molecule has 0 N–H and O–H groups in total. The van der Waals surface area contributed by atoms with Crippen LogP contribution in [0.25, 0.3) is 0 Å². The molecule has 0 saturated carbocycles. The van der Waals surface area contributed by atoms with E-state index in [0.717, 1.165) is 11.4 Å². The largest absolute Gasteiger partial charge is 0.466 e. The number of piperazine rings is 1. The number of carbonyl (C=O) groups is 3. The number of aliphatic imine (C=N–C) groups is 1. The highest BCUT2D eigenvalue weighted by molar-refractivity contribution is 6.00. The topological polar surface area (TPSA) is 113 Å². The standard InChI is InChI=1S/C35H51N5O7/c1-10-31(36-27(2)19-20-28(3)46-33(42)37(8)30-16-12-11-13-17-30)32(18-14-15-25-45-29(4)41)40(26-44-9)39-23-21-38(22-24-39)34(43)47-35(5,6)7/h11-13,16-20H,2-3,10,14-15,21-26H2,1,4-9H3/b20-19-,32-18-,36-31+. The van der Waals surface area contributed by atoms with Gasteiger partial charge in [0, 0.05) is 52.9 Å². The van der Waals surface area contributed by atoms with E-state index in [1.165, 1.54) is 11.8 Å². The molecule has 1 aromatic rings. The van der Waals surface area contributed by atoms with Crippen molar-refractivity contribution in [2.75, 3.05) is 58.6 Å². The third kappa shape index (κ3) is 13.8. The number of anilines is 1. The Morgan fingerprint density at radius 1 is 1.04 bits per heavy atom. The maximum absolute atomic E-state index is 12.7. The molecule has 2 amide bonds. The number of nitrogens with zero attached hydrogens (tertiary/aromatic N) is 5. The van der Waals surface area contributed by atoms with Crippen LogP contribution in [-0.2, 0) is 23.7 Å². The van der Waals surface area contributed by atoms with Crippen LogP contribution >= 0.6 is 0 Å². The van der Waals surface area contributed by atoms with Crippen molar-refractivity contribution in [1.82, 2.24) is 14.9 Å². The average Bonchev–Trinajstić information content (AvgIpc) is 3.03. The Morgan fingerprint density at radius 3 is 2.28 bits per heavy atom. The number of amides is 2. The van der Waals surface area contributed by atoms with Gasteiger partial charge in [0.2, 0.25) is 0 Å². The lowest BCUT2D eigenvalue weighted by molar-refractivity contribution is -0.141. The first-order chi connectivity index (χ1) is 22.2. The molecule has 1 aromatic carbocycles. The van der Waals surface area contributed by atoms with E-state index < -0.39 is 11.7 Å². The quantitative estimate of drug-likeness (QED) is 0.0410. The first-order valence-corrected chi connectivity index (χ1v) is 15.7. The van der Waals surface area contributed by atoms with Crippen LogP contribution in [-0.4, -0.2) is 98.1 Å². The van der Waals surface area contributed by atoms with Crippen LogP contribution in [0.3, 0.4) is 0 Å². The summed E-state index contributed by atoms with van der Waals surface area (Å²) in [5, 5.41) is 4.13. The van der Waals surface area contributed by atoms with E-state index in [2.05, 4.69) is 18.2 Å². The number of benzene rings is 1. The minimum atomic E-state index is -0.575. The van der Waals surface area contributed by atoms with Crippen LogP contribution < -0.4 is 4.90 Å². The number of esters is 1. The number of methoxy groups -OCH3 is 1. The number of ether oxygens (including phenoxy) is 4. The fourth-order valence-corrected chi connectivity index (χ4v) is 4.47. The third-order valence-electron chi connectivity index (χ3n) is 6.78. The van der Waals surface area contributed by atoms with Gasteiger partial charge in [-0.1, -0.05) is 44.4 Å². The predicted octanol–water partition coefficient (Wildman–Crippen LogP) is 6.29. The summed E-state index contributed by atoms with van der Waals surface area (Å²) >= 11 is 0. The molecule has 1 heterocycles. The Hall–Kier alpha value is -4.42. The molecule has 1 fully saturated rings. The molecule has 2 rings (SSSR count). The number of carbonyl (C=O) groups excluding carboxylic acids is 3. The maximum Gasteiger partial charge on any atom is 0.419 e.